The number of rotatable bonds is 6. The number of hydrogen-bond acceptors (Lipinski definition) is 7. The molecule has 7 heteroatoms. The third-order valence-corrected chi connectivity index (χ3v) is 2.59. The van der Waals surface area contributed by atoms with E-state index in [1.165, 1.54) is 34.6 Å². The van der Waals surface area contributed by atoms with Gasteiger partial charge < -0.3 is 24.3 Å². The summed E-state index contributed by atoms with van der Waals surface area (Å²) in [5.41, 5.74) is 0.279. The first-order valence-corrected chi connectivity index (χ1v) is 5.92. The Labute approximate surface area is 122 Å². The van der Waals surface area contributed by atoms with Gasteiger partial charge in [-0.3, -0.25) is 0 Å². The minimum absolute atomic E-state index is 0.266. The van der Waals surface area contributed by atoms with Gasteiger partial charge in [0.15, 0.2) is 5.57 Å². The number of methoxy groups -OCH3 is 4. The van der Waals surface area contributed by atoms with E-state index >= 15 is 0 Å². The fourth-order valence-electron chi connectivity index (χ4n) is 1.49. The molecule has 21 heavy (non-hydrogen) atoms. The molecule has 0 spiro atoms. The number of esters is 2. The first kappa shape index (κ1) is 16.4. The first-order valence-electron chi connectivity index (χ1n) is 5.92. The lowest BCUT2D eigenvalue weighted by Gasteiger charge is -2.11. The average Bonchev–Trinajstić information content (AvgIpc) is 2.54. The predicted molar refractivity (Wildman–Crippen MR) is 75.3 cm³/mol. The van der Waals surface area contributed by atoms with Gasteiger partial charge in [-0.2, -0.15) is 0 Å². The zero-order valence-electron chi connectivity index (χ0n) is 12.3. The first-order chi connectivity index (χ1) is 10.1. The molecule has 0 atom stereocenters. The van der Waals surface area contributed by atoms with Crippen LogP contribution in [0.25, 0.3) is 0 Å². The SMILES string of the molecule is COC(=O)C(=CNc1ccc(OC)cc1OC)C(=O)OC. The molecule has 0 saturated carbocycles. The second kappa shape index (κ2) is 7.78. The highest BCUT2D eigenvalue weighted by Crippen LogP contribution is 2.29. The van der Waals surface area contributed by atoms with Crippen molar-refractivity contribution in [3.05, 3.63) is 30.0 Å². The molecule has 0 bridgehead atoms. The summed E-state index contributed by atoms with van der Waals surface area (Å²) in [5.74, 6) is -0.508. The molecule has 1 aromatic rings. The van der Waals surface area contributed by atoms with Gasteiger partial charge in [0.1, 0.15) is 11.5 Å². The Morgan fingerprint density at radius 3 is 2.10 bits per heavy atom. The summed E-state index contributed by atoms with van der Waals surface area (Å²) in [6, 6.07) is 5.04. The highest BCUT2D eigenvalue weighted by molar-refractivity contribution is 6.14. The number of benzene rings is 1. The van der Waals surface area contributed by atoms with Gasteiger partial charge in [0, 0.05) is 12.3 Å². The van der Waals surface area contributed by atoms with E-state index in [1.807, 2.05) is 0 Å². The second-order valence-electron chi connectivity index (χ2n) is 3.75. The predicted octanol–water partition coefficient (Wildman–Crippen LogP) is 1.35. The van der Waals surface area contributed by atoms with Crippen LogP contribution in [0.15, 0.2) is 30.0 Å². The van der Waals surface area contributed by atoms with Crippen molar-refractivity contribution in [1.82, 2.24) is 0 Å². The summed E-state index contributed by atoms with van der Waals surface area (Å²) in [6.07, 6.45) is 1.20. The summed E-state index contributed by atoms with van der Waals surface area (Å²) in [5, 5.41) is 2.80. The molecule has 0 radical (unpaired) electrons. The van der Waals surface area contributed by atoms with E-state index in [2.05, 4.69) is 14.8 Å². The molecule has 1 N–H and O–H groups in total. The monoisotopic (exact) mass is 295 g/mol. The van der Waals surface area contributed by atoms with Crippen LogP contribution in [0.5, 0.6) is 11.5 Å². The highest BCUT2D eigenvalue weighted by atomic mass is 16.5. The standard InChI is InChI=1S/C14H17NO6/c1-18-9-5-6-11(12(7-9)19-2)15-8-10(13(16)20-3)14(17)21-4/h5-8,15H,1-4H3. The van der Waals surface area contributed by atoms with Crippen LogP contribution in [-0.2, 0) is 19.1 Å². The van der Waals surface area contributed by atoms with Gasteiger partial charge in [-0.05, 0) is 12.1 Å². The van der Waals surface area contributed by atoms with Gasteiger partial charge in [-0.25, -0.2) is 9.59 Å². The smallest absolute Gasteiger partial charge is 0.346 e. The Balaban J connectivity index is 3.05. The van der Waals surface area contributed by atoms with Crippen molar-refractivity contribution in [3.8, 4) is 11.5 Å². The topological polar surface area (TPSA) is 83.1 Å². The number of ether oxygens (including phenoxy) is 4. The van der Waals surface area contributed by atoms with Gasteiger partial charge in [-0.1, -0.05) is 0 Å². The zero-order chi connectivity index (χ0) is 15.8. The Morgan fingerprint density at radius 2 is 1.62 bits per heavy atom. The lowest BCUT2D eigenvalue weighted by atomic mass is 10.2. The van der Waals surface area contributed by atoms with Crippen molar-refractivity contribution in [1.29, 1.82) is 0 Å². The maximum Gasteiger partial charge on any atom is 0.346 e. The van der Waals surface area contributed by atoms with E-state index in [4.69, 9.17) is 9.47 Å². The van der Waals surface area contributed by atoms with Crippen LogP contribution >= 0.6 is 0 Å². The molecular formula is C14H17NO6. The number of carbonyl (C=O) groups is 2. The van der Waals surface area contributed by atoms with Crippen molar-refractivity contribution >= 4 is 17.6 Å². The van der Waals surface area contributed by atoms with Gasteiger partial charge in [0.25, 0.3) is 0 Å². The number of nitrogens with one attached hydrogen (secondary N) is 1. The van der Waals surface area contributed by atoms with Crippen molar-refractivity contribution in [3.63, 3.8) is 0 Å². The van der Waals surface area contributed by atoms with E-state index in [1.54, 1.807) is 18.2 Å². The van der Waals surface area contributed by atoms with E-state index in [9.17, 15) is 9.59 Å². The minimum Gasteiger partial charge on any atom is -0.497 e. The van der Waals surface area contributed by atoms with Crippen LogP contribution in [0, 0.1) is 0 Å². The fourth-order valence-corrected chi connectivity index (χ4v) is 1.49. The lowest BCUT2D eigenvalue weighted by Crippen LogP contribution is -2.17. The molecule has 0 aliphatic rings. The molecule has 0 aliphatic heterocycles. The van der Waals surface area contributed by atoms with Gasteiger partial charge in [-0.15, -0.1) is 0 Å². The second-order valence-corrected chi connectivity index (χ2v) is 3.75. The number of hydrogen-bond donors (Lipinski definition) is 1. The summed E-state index contributed by atoms with van der Waals surface area (Å²) >= 11 is 0. The van der Waals surface area contributed by atoms with Gasteiger partial charge in [0.2, 0.25) is 0 Å². The van der Waals surface area contributed by atoms with Gasteiger partial charge in [0.05, 0.1) is 34.1 Å². The van der Waals surface area contributed by atoms with Crippen LogP contribution < -0.4 is 14.8 Å². The van der Waals surface area contributed by atoms with Crippen LogP contribution in [0.1, 0.15) is 0 Å². The van der Waals surface area contributed by atoms with E-state index in [0.717, 1.165) is 0 Å². The fraction of sp³-hybridized carbons (Fsp3) is 0.286. The molecule has 0 saturated heterocycles. The maximum absolute atomic E-state index is 11.5. The summed E-state index contributed by atoms with van der Waals surface area (Å²) < 4.78 is 19.3. The molecule has 7 nitrogen and oxygen atoms in total. The minimum atomic E-state index is -0.804. The van der Waals surface area contributed by atoms with Crippen molar-refractivity contribution in [2.45, 2.75) is 0 Å². The van der Waals surface area contributed by atoms with Crippen LogP contribution in [0.3, 0.4) is 0 Å². The van der Waals surface area contributed by atoms with Crippen molar-refractivity contribution in [2.75, 3.05) is 33.8 Å². The average molecular weight is 295 g/mol. The van der Waals surface area contributed by atoms with Crippen molar-refractivity contribution < 1.29 is 28.5 Å². The lowest BCUT2D eigenvalue weighted by molar-refractivity contribution is -0.144. The molecule has 1 aromatic carbocycles. The third kappa shape index (κ3) is 4.13. The molecular weight excluding hydrogens is 278 g/mol. The number of carbonyl (C=O) groups excluding carboxylic acids is 2. The van der Waals surface area contributed by atoms with Crippen LogP contribution in [0.4, 0.5) is 5.69 Å². The summed E-state index contributed by atoms with van der Waals surface area (Å²) in [7, 11) is 5.37. The van der Waals surface area contributed by atoms with E-state index in [-0.39, 0.29) is 5.57 Å². The zero-order valence-corrected chi connectivity index (χ0v) is 12.3. The van der Waals surface area contributed by atoms with Crippen LogP contribution in [-0.4, -0.2) is 40.4 Å². The quantitative estimate of drug-likeness (QED) is 0.367. The molecule has 0 aliphatic carbocycles. The molecule has 0 heterocycles. The Morgan fingerprint density at radius 1 is 1.00 bits per heavy atom. The van der Waals surface area contributed by atoms with E-state index in [0.29, 0.717) is 17.2 Å². The van der Waals surface area contributed by atoms with Crippen LogP contribution in [0.2, 0.25) is 0 Å². The summed E-state index contributed by atoms with van der Waals surface area (Å²) in [4.78, 5) is 23.0. The van der Waals surface area contributed by atoms with Gasteiger partial charge >= 0.3 is 11.9 Å². The normalized spacial score (nSPS) is 9.33. The maximum atomic E-state index is 11.5. The molecule has 1 rings (SSSR count). The molecule has 0 fully saturated rings. The largest absolute Gasteiger partial charge is 0.497 e. The molecule has 0 aromatic heterocycles. The summed E-state index contributed by atoms with van der Waals surface area (Å²) in [6.45, 7) is 0. The Kier molecular flexibility index (Phi) is 6.06. The Bertz CT molecular complexity index is 534. The molecule has 0 amide bonds. The molecule has 0 unspecified atom stereocenters. The Hall–Kier alpha value is -2.70. The van der Waals surface area contributed by atoms with Crippen molar-refractivity contribution in [2.24, 2.45) is 0 Å². The highest BCUT2D eigenvalue weighted by Gasteiger charge is 2.19. The number of anilines is 1. The molecule has 114 valence electrons. The third-order valence-electron chi connectivity index (χ3n) is 2.59. The van der Waals surface area contributed by atoms with E-state index < -0.39 is 11.9 Å².